The molecule has 3 rings (SSSR count). The van der Waals surface area contributed by atoms with Crippen LogP contribution in [0.5, 0.6) is 5.75 Å². The van der Waals surface area contributed by atoms with Gasteiger partial charge in [-0.15, -0.1) is 0 Å². The molecule has 1 aromatic heterocycles. The lowest BCUT2D eigenvalue weighted by molar-refractivity contribution is -0.126. The number of likely N-dealkylation sites (tertiary alicyclic amines) is 1. The van der Waals surface area contributed by atoms with Gasteiger partial charge >= 0.3 is 6.03 Å². The van der Waals surface area contributed by atoms with Crippen molar-refractivity contribution in [1.82, 2.24) is 15.2 Å². The highest BCUT2D eigenvalue weighted by Gasteiger charge is 2.27. The highest BCUT2D eigenvalue weighted by Crippen LogP contribution is 2.19. The zero-order chi connectivity index (χ0) is 19.9. The van der Waals surface area contributed by atoms with Gasteiger partial charge in [-0.05, 0) is 42.7 Å². The first kappa shape index (κ1) is 19.6. The molecule has 7 nitrogen and oxygen atoms in total. The second-order valence-corrected chi connectivity index (χ2v) is 6.63. The maximum atomic E-state index is 12.8. The standard InChI is InChI=1S/C20H23FN4O3/c1-28-17-5-2-14(3-6-17)12-23-19(26)15-8-10-25(11-9-15)20(27)24-16-4-7-18(21)22-13-16/h2-7,13,15H,8-12H2,1H3,(H,23,26)(H,24,27). The monoisotopic (exact) mass is 386 g/mol. The van der Waals surface area contributed by atoms with Crippen molar-refractivity contribution in [3.63, 3.8) is 0 Å². The van der Waals surface area contributed by atoms with E-state index in [1.165, 1.54) is 18.3 Å². The second kappa shape index (κ2) is 9.16. The number of hydrogen-bond acceptors (Lipinski definition) is 4. The highest BCUT2D eigenvalue weighted by atomic mass is 19.1. The van der Waals surface area contributed by atoms with E-state index in [1.807, 2.05) is 24.3 Å². The van der Waals surface area contributed by atoms with Crippen molar-refractivity contribution in [1.29, 1.82) is 0 Å². The number of carbonyl (C=O) groups is 2. The van der Waals surface area contributed by atoms with Crippen LogP contribution in [0.4, 0.5) is 14.9 Å². The quantitative estimate of drug-likeness (QED) is 0.774. The van der Waals surface area contributed by atoms with Gasteiger partial charge in [0.1, 0.15) is 5.75 Å². The Labute approximate surface area is 162 Å². The second-order valence-electron chi connectivity index (χ2n) is 6.63. The number of anilines is 1. The van der Waals surface area contributed by atoms with Crippen LogP contribution in [0.3, 0.4) is 0 Å². The van der Waals surface area contributed by atoms with Crippen molar-refractivity contribution >= 4 is 17.6 Å². The molecular formula is C20H23FN4O3. The van der Waals surface area contributed by atoms with Gasteiger partial charge in [-0.3, -0.25) is 4.79 Å². The molecule has 0 spiro atoms. The first-order valence-corrected chi connectivity index (χ1v) is 9.13. The molecule has 0 saturated carbocycles. The van der Waals surface area contributed by atoms with Gasteiger partial charge in [0.05, 0.1) is 19.0 Å². The smallest absolute Gasteiger partial charge is 0.321 e. The summed E-state index contributed by atoms with van der Waals surface area (Å²) in [6, 6.07) is 9.91. The van der Waals surface area contributed by atoms with E-state index < -0.39 is 5.95 Å². The zero-order valence-electron chi connectivity index (χ0n) is 15.7. The van der Waals surface area contributed by atoms with E-state index in [4.69, 9.17) is 4.74 Å². The lowest BCUT2D eigenvalue weighted by Gasteiger charge is -2.31. The number of ether oxygens (including phenoxy) is 1. The van der Waals surface area contributed by atoms with Crippen molar-refractivity contribution in [3.05, 3.63) is 54.1 Å². The van der Waals surface area contributed by atoms with Crippen LogP contribution in [-0.2, 0) is 11.3 Å². The number of benzene rings is 1. The van der Waals surface area contributed by atoms with Crippen LogP contribution < -0.4 is 15.4 Å². The number of rotatable bonds is 5. The number of carbonyl (C=O) groups excluding carboxylic acids is 2. The zero-order valence-corrected chi connectivity index (χ0v) is 15.7. The maximum Gasteiger partial charge on any atom is 0.321 e. The van der Waals surface area contributed by atoms with Gasteiger partial charge < -0.3 is 20.3 Å². The molecule has 28 heavy (non-hydrogen) atoms. The molecule has 148 valence electrons. The number of piperidine rings is 1. The van der Waals surface area contributed by atoms with E-state index in [0.29, 0.717) is 38.2 Å². The Bertz CT molecular complexity index is 803. The average molecular weight is 386 g/mol. The first-order chi connectivity index (χ1) is 13.5. The molecule has 1 saturated heterocycles. The van der Waals surface area contributed by atoms with E-state index in [2.05, 4.69) is 15.6 Å². The molecule has 0 aliphatic carbocycles. The summed E-state index contributed by atoms with van der Waals surface area (Å²) in [6.45, 7) is 1.43. The third-order valence-electron chi connectivity index (χ3n) is 4.76. The number of methoxy groups -OCH3 is 1. The number of aromatic nitrogens is 1. The molecule has 0 unspecified atom stereocenters. The first-order valence-electron chi connectivity index (χ1n) is 9.13. The third-order valence-corrected chi connectivity index (χ3v) is 4.76. The van der Waals surface area contributed by atoms with E-state index in [0.717, 1.165) is 11.3 Å². The summed E-state index contributed by atoms with van der Waals surface area (Å²) >= 11 is 0. The lowest BCUT2D eigenvalue weighted by Crippen LogP contribution is -2.44. The minimum absolute atomic E-state index is 0.00129. The van der Waals surface area contributed by atoms with Crippen molar-refractivity contribution in [3.8, 4) is 5.75 Å². The number of halogens is 1. The lowest BCUT2D eigenvalue weighted by atomic mass is 9.96. The molecule has 3 amide bonds. The normalized spacial score (nSPS) is 14.4. The highest BCUT2D eigenvalue weighted by molar-refractivity contribution is 5.89. The Morgan fingerprint density at radius 2 is 1.89 bits per heavy atom. The van der Waals surface area contributed by atoms with Crippen molar-refractivity contribution in [2.75, 3.05) is 25.5 Å². The van der Waals surface area contributed by atoms with Crippen molar-refractivity contribution in [2.24, 2.45) is 5.92 Å². The van der Waals surface area contributed by atoms with Gasteiger partial charge in [0.2, 0.25) is 11.9 Å². The topological polar surface area (TPSA) is 83.6 Å². The van der Waals surface area contributed by atoms with Crippen LogP contribution >= 0.6 is 0 Å². The number of nitrogens with zero attached hydrogens (tertiary/aromatic N) is 2. The Morgan fingerprint density at radius 3 is 2.50 bits per heavy atom. The summed E-state index contributed by atoms with van der Waals surface area (Å²) < 4.78 is 17.9. The Balaban J connectivity index is 1.42. The van der Waals surface area contributed by atoms with Crippen LogP contribution in [0.1, 0.15) is 18.4 Å². The molecule has 8 heteroatoms. The number of amides is 3. The van der Waals surface area contributed by atoms with E-state index in [-0.39, 0.29) is 17.9 Å². The van der Waals surface area contributed by atoms with Crippen LogP contribution in [0, 0.1) is 11.9 Å². The molecular weight excluding hydrogens is 363 g/mol. The predicted molar refractivity (Wildman–Crippen MR) is 102 cm³/mol. The summed E-state index contributed by atoms with van der Waals surface area (Å²) in [4.78, 5) is 29.8. The van der Waals surface area contributed by atoms with Gasteiger partial charge in [-0.2, -0.15) is 4.39 Å². The van der Waals surface area contributed by atoms with Crippen LogP contribution in [0.15, 0.2) is 42.6 Å². The largest absolute Gasteiger partial charge is 0.497 e. The minimum Gasteiger partial charge on any atom is -0.497 e. The predicted octanol–water partition coefficient (Wildman–Crippen LogP) is 2.79. The van der Waals surface area contributed by atoms with Crippen LogP contribution in [0.2, 0.25) is 0 Å². The van der Waals surface area contributed by atoms with E-state index >= 15 is 0 Å². The van der Waals surface area contributed by atoms with Gasteiger partial charge in [-0.1, -0.05) is 12.1 Å². The molecule has 1 aliphatic rings. The minimum atomic E-state index is -0.598. The van der Waals surface area contributed by atoms with E-state index in [9.17, 15) is 14.0 Å². The summed E-state index contributed by atoms with van der Waals surface area (Å²) in [6.07, 6.45) is 2.47. The molecule has 0 bridgehead atoms. The molecule has 0 atom stereocenters. The molecule has 2 N–H and O–H groups in total. The number of nitrogens with one attached hydrogen (secondary N) is 2. The Hall–Kier alpha value is -3.16. The summed E-state index contributed by atoms with van der Waals surface area (Å²) in [5, 5.41) is 5.64. The Kier molecular flexibility index (Phi) is 6.41. The van der Waals surface area contributed by atoms with Crippen molar-refractivity contribution in [2.45, 2.75) is 19.4 Å². The van der Waals surface area contributed by atoms with Crippen molar-refractivity contribution < 1.29 is 18.7 Å². The van der Waals surface area contributed by atoms with Crippen LogP contribution in [-0.4, -0.2) is 42.0 Å². The fourth-order valence-corrected chi connectivity index (χ4v) is 3.07. The van der Waals surface area contributed by atoms with Crippen LogP contribution in [0.25, 0.3) is 0 Å². The third kappa shape index (κ3) is 5.18. The molecule has 0 radical (unpaired) electrons. The van der Waals surface area contributed by atoms with Gasteiger partial charge in [0.15, 0.2) is 0 Å². The van der Waals surface area contributed by atoms with Gasteiger partial charge in [-0.25, -0.2) is 9.78 Å². The average Bonchev–Trinajstić information content (AvgIpc) is 2.74. The molecule has 1 aliphatic heterocycles. The summed E-state index contributed by atoms with van der Waals surface area (Å²) in [7, 11) is 1.61. The summed E-state index contributed by atoms with van der Waals surface area (Å²) in [5.74, 6) is 0.0602. The Morgan fingerprint density at radius 1 is 1.18 bits per heavy atom. The fraction of sp³-hybridized carbons (Fsp3) is 0.350. The summed E-state index contributed by atoms with van der Waals surface area (Å²) in [5.41, 5.74) is 1.43. The number of urea groups is 1. The molecule has 1 aromatic carbocycles. The molecule has 2 aromatic rings. The fourth-order valence-electron chi connectivity index (χ4n) is 3.07. The van der Waals surface area contributed by atoms with E-state index in [1.54, 1.807) is 12.0 Å². The maximum absolute atomic E-state index is 12.8. The number of pyridine rings is 1. The number of hydrogen-bond donors (Lipinski definition) is 2. The molecule has 2 heterocycles. The SMILES string of the molecule is COc1ccc(CNC(=O)C2CCN(C(=O)Nc3ccc(F)nc3)CC2)cc1. The molecule has 1 fully saturated rings. The van der Waals surface area contributed by atoms with Gasteiger partial charge in [0.25, 0.3) is 0 Å². The van der Waals surface area contributed by atoms with Gasteiger partial charge in [0, 0.05) is 25.6 Å².